The fourth-order valence-electron chi connectivity index (χ4n) is 3.83. The molecule has 20 heavy (non-hydrogen) atoms. The van der Waals surface area contributed by atoms with Crippen molar-refractivity contribution in [2.75, 3.05) is 0 Å². The van der Waals surface area contributed by atoms with Crippen LogP contribution in [0.3, 0.4) is 0 Å². The largest absolute Gasteiger partial charge is 0.298 e. The van der Waals surface area contributed by atoms with Crippen molar-refractivity contribution in [2.24, 2.45) is 11.3 Å². The maximum atomic E-state index is 13.0. The molecule has 0 saturated heterocycles. The number of allylic oxidation sites excluding steroid dienone is 1. The zero-order chi connectivity index (χ0) is 14.2. The molecule has 0 aromatic heterocycles. The Labute approximate surface area is 119 Å². The number of carbonyl (C=O) groups excluding carboxylic acids is 2. The van der Waals surface area contributed by atoms with E-state index < -0.39 is 5.41 Å². The van der Waals surface area contributed by atoms with Crippen LogP contribution in [0.25, 0.3) is 0 Å². The molecule has 0 amide bonds. The van der Waals surface area contributed by atoms with E-state index in [-0.39, 0.29) is 17.5 Å². The van der Waals surface area contributed by atoms with Crippen molar-refractivity contribution < 1.29 is 9.59 Å². The summed E-state index contributed by atoms with van der Waals surface area (Å²) in [6, 6.07) is 9.28. The molecule has 2 atom stereocenters. The third-order valence-electron chi connectivity index (χ3n) is 4.95. The molecule has 1 aromatic rings. The lowest BCUT2D eigenvalue weighted by Crippen LogP contribution is -2.45. The molecule has 2 aliphatic rings. The highest BCUT2D eigenvalue weighted by atomic mass is 16.2. The van der Waals surface area contributed by atoms with Gasteiger partial charge in [0.05, 0.1) is 5.41 Å². The molecule has 2 aliphatic carbocycles. The third-order valence-corrected chi connectivity index (χ3v) is 4.95. The second kappa shape index (κ2) is 5.01. The Hall–Kier alpha value is -1.70. The van der Waals surface area contributed by atoms with Gasteiger partial charge in [0.2, 0.25) is 0 Å². The van der Waals surface area contributed by atoms with Crippen molar-refractivity contribution in [2.45, 2.75) is 38.5 Å². The predicted molar refractivity (Wildman–Crippen MR) is 78.5 cm³/mol. The van der Waals surface area contributed by atoms with E-state index in [9.17, 15) is 9.59 Å². The van der Waals surface area contributed by atoms with E-state index in [1.165, 1.54) is 0 Å². The fraction of sp³-hybridized carbons (Fsp3) is 0.444. The molecule has 104 valence electrons. The Morgan fingerprint density at radius 2 is 1.85 bits per heavy atom. The molecule has 2 fully saturated rings. The van der Waals surface area contributed by atoms with Crippen LogP contribution in [0.4, 0.5) is 0 Å². The first-order chi connectivity index (χ1) is 9.65. The number of benzene rings is 1. The molecular formula is C18H20O2. The molecule has 3 rings (SSSR count). The smallest absolute Gasteiger partial charge is 0.176 e. The van der Waals surface area contributed by atoms with Crippen LogP contribution in [0.5, 0.6) is 0 Å². The van der Waals surface area contributed by atoms with Gasteiger partial charge in [0.1, 0.15) is 0 Å². The maximum absolute atomic E-state index is 13.0. The number of ketones is 2. The molecule has 2 saturated carbocycles. The molecule has 2 bridgehead atoms. The van der Waals surface area contributed by atoms with Gasteiger partial charge in [0, 0.05) is 11.5 Å². The molecule has 0 N–H and O–H groups in total. The lowest BCUT2D eigenvalue weighted by Gasteiger charge is -2.36. The van der Waals surface area contributed by atoms with E-state index >= 15 is 0 Å². The number of carbonyl (C=O) groups is 2. The van der Waals surface area contributed by atoms with Gasteiger partial charge < -0.3 is 0 Å². The van der Waals surface area contributed by atoms with Gasteiger partial charge in [-0.15, -0.1) is 0 Å². The minimum absolute atomic E-state index is 0.0301. The van der Waals surface area contributed by atoms with Gasteiger partial charge in [-0.3, -0.25) is 9.59 Å². The monoisotopic (exact) mass is 268 g/mol. The second-order valence-electron chi connectivity index (χ2n) is 6.10. The lowest BCUT2D eigenvalue weighted by molar-refractivity contribution is -0.131. The molecule has 2 nitrogen and oxygen atoms in total. The normalized spacial score (nSPS) is 29.9. The quantitative estimate of drug-likeness (QED) is 0.462. The number of hydrogen-bond donors (Lipinski definition) is 0. The topological polar surface area (TPSA) is 34.1 Å². The van der Waals surface area contributed by atoms with Crippen LogP contribution in [0.2, 0.25) is 0 Å². The zero-order valence-electron chi connectivity index (χ0n) is 11.7. The SMILES string of the molecule is C=C1CCC[C@@]2(C(=O)c3ccccc3)CCC[C@@H]1C2=O. The number of hydrogen-bond acceptors (Lipinski definition) is 2. The molecule has 0 radical (unpaired) electrons. The molecule has 1 aromatic carbocycles. The van der Waals surface area contributed by atoms with E-state index in [0.717, 1.165) is 31.3 Å². The lowest BCUT2D eigenvalue weighted by atomic mass is 9.63. The third kappa shape index (κ3) is 1.94. The highest BCUT2D eigenvalue weighted by Gasteiger charge is 2.51. The summed E-state index contributed by atoms with van der Waals surface area (Å²) in [4.78, 5) is 25.8. The maximum Gasteiger partial charge on any atom is 0.176 e. The van der Waals surface area contributed by atoms with Crippen LogP contribution < -0.4 is 0 Å². The van der Waals surface area contributed by atoms with Gasteiger partial charge in [0.15, 0.2) is 11.6 Å². The fourth-order valence-corrected chi connectivity index (χ4v) is 3.83. The summed E-state index contributed by atoms with van der Waals surface area (Å²) in [6.07, 6.45) is 5.02. The zero-order valence-corrected chi connectivity index (χ0v) is 11.7. The van der Waals surface area contributed by atoms with Crippen LogP contribution >= 0.6 is 0 Å². The minimum atomic E-state index is -0.774. The first kappa shape index (κ1) is 13.3. The van der Waals surface area contributed by atoms with Gasteiger partial charge in [-0.25, -0.2) is 0 Å². The molecule has 0 unspecified atom stereocenters. The summed E-state index contributed by atoms with van der Waals surface area (Å²) in [5.41, 5.74) is 0.940. The van der Waals surface area contributed by atoms with Gasteiger partial charge >= 0.3 is 0 Å². The number of fused-ring (bicyclic) bond motifs is 2. The highest BCUT2D eigenvalue weighted by molar-refractivity contribution is 6.16. The highest BCUT2D eigenvalue weighted by Crippen LogP contribution is 2.47. The molecule has 2 heteroatoms. The Balaban J connectivity index is 2.02. The minimum Gasteiger partial charge on any atom is -0.298 e. The number of rotatable bonds is 2. The van der Waals surface area contributed by atoms with Crippen LogP contribution in [-0.2, 0) is 4.79 Å². The predicted octanol–water partition coefficient (Wildman–Crippen LogP) is 3.97. The number of Topliss-reactive ketones (excluding diaryl/α,β-unsaturated/α-hetero) is 2. The summed E-state index contributed by atoms with van der Waals surface area (Å²) in [7, 11) is 0. The second-order valence-corrected chi connectivity index (χ2v) is 6.10. The Kier molecular flexibility index (Phi) is 3.33. The standard InChI is InChI=1S/C18H20O2/c1-13-7-5-11-18(12-6-10-15(13)17(18)20)16(19)14-8-3-2-4-9-14/h2-4,8-9,15H,1,5-7,10-12H2/t15-,18-/m0/s1. The average molecular weight is 268 g/mol. The Morgan fingerprint density at radius 3 is 2.60 bits per heavy atom. The van der Waals surface area contributed by atoms with Crippen molar-refractivity contribution in [1.82, 2.24) is 0 Å². The summed E-state index contributed by atoms with van der Waals surface area (Å²) in [6.45, 7) is 4.08. The van der Waals surface area contributed by atoms with Crippen molar-refractivity contribution in [1.29, 1.82) is 0 Å². The summed E-state index contributed by atoms with van der Waals surface area (Å²) in [5.74, 6) is 0.0847. The summed E-state index contributed by atoms with van der Waals surface area (Å²) >= 11 is 0. The van der Waals surface area contributed by atoms with E-state index in [2.05, 4.69) is 6.58 Å². The van der Waals surface area contributed by atoms with Crippen LogP contribution in [-0.4, -0.2) is 11.6 Å². The van der Waals surface area contributed by atoms with Crippen molar-refractivity contribution in [3.8, 4) is 0 Å². The molecule has 0 heterocycles. The first-order valence-corrected chi connectivity index (χ1v) is 7.47. The average Bonchev–Trinajstić information content (AvgIpc) is 2.55. The van der Waals surface area contributed by atoms with Gasteiger partial charge in [0.25, 0.3) is 0 Å². The van der Waals surface area contributed by atoms with E-state index in [1.807, 2.05) is 30.3 Å². The van der Waals surface area contributed by atoms with Gasteiger partial charge in [-0.2, -0.15) is 0 Å². The first-order valence-electron chi connectivity index (χ1n) is 7.47. The van der Waals surface area contributed by atoms with Gasteiger partial charge in [-0.05, 0) is 32.1 Å². The van der Waals surface area contributed by atoms with Gasteiger partial charge in [-0.1, -0.05) is 48.9 Å². The molecule has 0 spiro atoms. The summed E-state index contributed by atoms with van der Waals surface area (Å²) in [5, 5.41) is 0. The van der Waals surface area contributed by atoms with E-state index in [0.29, 0.717) is 18.4 Å². The van der Waals surface area contributed by atoms with Crippen LogP contribution in [0.1, 0.15) is 48.9 Å². The van der Waals surface area contributed by atoms with E-state index in [4.69, 9.17) is 0 Å². The van der Waals surface area contributed by atoms with Crippen molar-refractivity contribution in [3.63, 3.8) is 0 Å². The Bertz CT molecular complexity index is 558. The van der Waals surface area contributed by atoms with Crippen molar-refractivity contribution in [3.05, 3.63) is 48.0 Å². The van der Waals surface area contributed by atoms with Crippen LogP contribution in [0, 0.1) is 11.3 Å². The molecule has 0 aliphatic heterocycles. The van der Waals surface area contributed by atoms with Crippen LogP contribution in [0.15, 0.2) is 42.5 Å². The van der Waals surface area contributed by atoms with Crippen molar-refractivity contribution >= 4 is 11.6 Å². The molecular weight excluding hydrogens is 248 g/mol. The Morgan fingerprint density at radius 1 is 1.15 bits per heavy atom. The van der Waals surface area contributed by atoms with E-state index in [1.54, 1.807) is 0 Å². The summed E-state index contributed by atoms with van der Waals surface area (Å²) < 4.78 is 0.